The fraction of sp³-hybridized carbons (Fsp3) is 0.500. The number of carbonyl (C=O) groups excluding carboxylic acids is 4. The van der Waals surface area contributed by atoms with Crippen molar-refractivity contribution in [3.8, 4) is 0 Å². The van der Waals surface area contributed by atoms with Crippen LogP contribution >= 0.6 is 0 Å². The minimum absolute atomic E-state index is 0.0827. The van der Waals surface area contributed by atoms with E-state index in [-0.39, 0.29) is 31.5 Å². The highest BCUT2D eigenvalue weighted by Crippen LogP contribution is 2.28. The van der Waals surface area contributed by atoms with Crippen molar-refractivity contribution in [2.24, 2.45) is 4.99 Å². The largest absolute Gasteiger partial charge is 0.450 e. The van der Waals surface area contributed by atoms with Gasteiger partial charge in [-0.15, -0.1) is 0 Å². The van der Waals surface area contributed by atoms with E-state index in [1.54, 1.807) is 43.2 Å². The molecule has 0 bridgehead atoms. The summed E-state index contributed by atoms with van der Waals surface area (Å²) >= 11 is 0. The zero-order valence-corrected chi connectivity index (χ0v) is 22.0. The number of hydrogen-bond donors (Lipinski definition) is 2. The Hall–Kier alpha value is -4.16. The van der Waals surface area contributed by atoms with Crippen LogP contribution in [0.4, 0.5) is 25.4 Å². The lowest BCUT2D eigenvalue weighted by Crippen LogP contribution is -2.54. The Morgan fingerprint density at radius 1 is 1.23 bits per heavy atom. The highest BCUT2D eigenvalue weighted by molar-refractivity contribution is 5.98. The molecule has 3 aliphatic heterocycles. The molecule has 12 nitrogen and oxygen atoms in total. The molecule has 4 amide bonds. The number of rotatable bonds is 8. The number of nitrogens with zero attached hydrogens (tertiary/aromatic N) is 4. The monoisotopic (exact) mass is 544 g/mol. The molecule has 0 aliphatic carbocycles. The summed E-state index contributed by atoms with van der Waals surface area (Å²) in [4.78, 5) is 58.0. The predicted octanol–water partition coefficient (Wildman–Crippen LogP) is 1.45. The van der Waals surface area contributed by atoms with Crippen molar-refractivity contribution in [2.75, 3.05) is 62.2 Å². The molecule has 39 heavy (non-hydrogen) atoms. The number of hydrogen-bond acceptors (Lipinski definition) is 8. The Balaban J connectivity index is 1.28. The molecule has 1 aromatic rings. The predicted molar refractivity (Wildman–Crippen MR) is 141 cm³/mol. The van der Waals surface area contributed by atoms with Gasteiger partial charge in [-0.2, -0.15) is 0 Å². The average molecular weight is 545 g/mol. The van der Waals surface area contributed by atoms with Crippen LogP contribution in [0.5, 0.6) is 0 Å². The number of benzene rings is 1. The van der Waals surface area contributed by atoms with Gasteiger partial charge in [-0.3, -0.25) is 19.5 Å². The van der Waals surface area contributed by atoms with Crippen molar-refractivity contribution >= 4 is 41.6 Å². The molecular formula is C26H33FN6O6. The SMILES string of the molecule is CCOC(=O)NCC1CN(c2ccc(N3CCN(C(=O)C(C)NC(=O)C4=CCC=NC4)CC3)c(F)c2)C(=O)O1. The number of aliphatic imine (C=N–C) groups is 1. The summed E-state index contributed by atoms with van der Waals surface area (Å²) in [5, 5.41) is 5.26. The maximum Gasteiger partial charge on any atom is 0.414 e. The Bertz CT molecular complexity index is 1170. The molecule has 0 aromatic heterocycles. The van der Waals surface area contributed by atoms with Gasteiger partial charge in [0.2, 0.25) is 11.8 Å². The Morgan fingerprint density at radius 2 is 2.00 bits per heavy atom. The number of anilines is 2. The van der Waals surface area contributed by atoms with Crippen LogP contribution in [-0.4, -0.2) is 99.7 Å². The number of piperazine rings is 1. The summed E-state index contributed by atoms with van der Waals surface area (Å²) < 4.78 is 25.2. The average Bonchev–Trinajstić information content (AvgIpc) is 3.32. The number of allylic oxidation sites excluding steroid dienone is 1. The molecule has 0 saturated carbocycles. The third-order valence-electron chi connectivity index (χ3n) is 6.67. The fourth-order valence-electron chi connectivity index (χ4n) is 4.59. The summed E-state index contributed by atoms with van der Waals surface area (Å²) in [5.41, 5.74) is 1.26. The summed E-state index contributed by atoms with van der Waals surface area (Å²) in [6.45, 7) is 5.69. The van der Waals surface area contributed by atoms with Gasteiger partial charge >= 0.3 is 12.2 Å². The second-order valence-electron chi connectivity index (χ2n) is 9.35. The van der Waals surface area contributed by atoms with E-state index in [2.05, 4.69) is 15.6 Å². The lowest BCUT2D eigenvalue weighted by atomic mass is 10.1. The van der Waals surface area contributed by atoms with Crippen molar-refractivity contribution in [1.29, 1.82) is 0 Å². The zero-order valence-electron chi connectivity index (χ0n) is 22.0. The third-order valence-corrected chi connectivity index (χ3v) is 6.67. The van der Waals surface area contributed by atoms with Crippen LogP contribution in [0.2, 0.25) is 0 Å². The zero-order chi connectivity index (χ0) is 27.9. The number of cyclic esters (lactones) is 1. The van der Waals surface area contributed by atoms with E-state index < -0.39 is 30.1 Å². The highest BCUT2D eigenvalue weighted by Gasteiger charge is 2.33. The van der Waals surface area contributed by atoms with Gasteiger partial charge in [0.05, 0.1) is 37.6 Å². The smallest absolute Gasteiger partial charge is 0.414 e. The molecule has 0 radical (unpaired) electrons. The summed E-state index contributed by atoms with van der Waals surface area (Å²) in [5.74, 6) is -0.993. The minimum atomic E-state index is -0.691. The lowest BCUT2D eigenvalue weighted by Gasteiger charge is -2.37. The molecule has 13 heteroatoms. The molecular weight excluding hydrogens is 511 g/mol. The van der Waals surface area contributed by atoms with E-state index in [1.807, 2.05) is 4.90 Å². The first-order valence-electron chi connectivity index (χ1n) is 13.0. The first kappa shape index (κ1) is 27.9. The van der Waals surface area contributed by atoms with Crippen LogP contribution in [0, 0.1) is 5.82 Å². The van der Waals surface area contributed by atoms with Gasteiger partial charge in [-0.25, -0.2) is 14.0 Å². The number of nitrogens with one attached hydrogen (secondary N) is 2. The summed E-state index contributed by atoms with van der Waals surface area (Å²) in [6, 6.07) is 3.82. The van der Waals surface area contributed by atoms with Crippen molar-refractivity contribution in [2.45, 2.75) is 32.4 Å². The Kier molecular flexibility index (Phi) is 8.99. The van der Waals surface area contributed by atoms with Crippen molar-refractivity contribution < 1.29 is 33.0 Å². The molecule has 2 saturated heterocycles. The normalized spacial score (nSPS) is 19.8. The third kappa shape index (κ3) is 6.84. The molecule has 210 valence electrons. The van der Waals surface area contributed by atoms with Crippen molar-refractivity contribution in [3.63, 3.8) is 0 Å². The van der Waals surface area contributed by atoms with Crippen LogP contribution in [0.15, 0.2) is 34.8 Å². The van der Waals surface area contributed by atoms with Gasteiger partial charge in [0.25, 0.3) is 0 Å². The molecule has 0 spiro atoms. The van der Waals surface area contributed by atoms with Crippen LogP contribution in [0.1, 0.15) is 20.3 Å². The number of carbonyl (C=O) groups is 4. The molecule has 4 rings (SSSR count). The molecule has 2 N–H and O–H groups in total. The lowest BCUT2D eigenvalue weighted by molar-refractivity contribution is -0.135. The molecule has 3 aliphatic rings. The minimum Gasteiger partial charge on any atom is -0.450 e. The highest BCUT2D eigenvalue weighted by atomic mass is 19.1. The molecule has 2 atom stereocenters. The molecule has 2 unspecified atom stereocenters. The molecule has 2 fully saturated rings. The van der Waals surface area contributed by atoms with Crippen LogP contribution in [0.25, 0.3) is 0 Å². The van der Waals surface area contributed by atoms with Gasteiger partial charge in [0.15, 0.2) is 0 Å². The van der Waals surface area contributed by atoms with Crippen LogP contribution in [-0.2, 0) is 19.1 Å². The second kappa shape index (κ2) is 12.6. The Labute approximate surface area is 225 Å². The van der Waals surface area contributed by atoms with Gasteiger partial charge in [0, 0.05) is 44.4 Å². The van der Waals surface area contributed by atoms with Gasteiger partial charge in [-0.1, -0.05) is 6.08 Å². The van der Waals surface area contributed by atoms with Crippen molar-refractivity contribution in [1.82, 2.24) is 15.5 Å². The summed E-state index contributed by atoms with van der Waals surface area (Å²) in [7, 11) is 0. The molecule has 3 heterocycles. The topological polar surface area (TPSA) is 133 Å². The van der Waals surface area contributed by atoms with Crippen molar-refractivity contribution in [3.05, 3.63) is 35.7 Å². The van der Waals surface area contributed by atoms with E-state index in [0.717, 1.165) is 0 Å². The van der Waals surface area contributed by atoms with E-state index >= 15 is 4.39 Å². The number of halogens is 1. The number of amides is 4. The number of ether oxygens (including phenoxy) is 2. The van der Waals surface area contributed by atoms with Gasteiger partial charge in [-0.05, 0) is 32.0 Å². The van der Waals surface area contributed by atoms with Gasteiger partial charge in [0.1, 0.15) is 18.0 Å². The maximum atomic E-state index is 15.1. The number of dihydropyridines is 1. The van der Waals surface area contributed by atoms with E-state index in [0.29, 0.717) is 56.1 Å². The summed E-state index contributed by atoms with van der Waals surface area (Å²) in [6.07, 6.45) is 2.32. The first-order chi connectivity index (χ1) is 18.8. The van der Waals surface area contributed by atoms with Crippen LogP contribution in [0.3, 0.4) is 0 Å². The standard InChI is InChI=1S/C26H33FN6O6/c1-3-38-25(36)29-15-20-16-33(26(37)39-20)19-6-7-22(21(27)13-19)31-9-11-32(12-10-31)24(35)17(2)30-23(34)18-5-4-8-28-14-18/h5-8,13,17,20H,3-4,9-12,14-16H2,1-2H3,(H,29,36)(H,30,34). The fourth-order valence-corrected chi connectivity index (χ4v) is 4.59. The first-order valence-corrected chi connectivity index (χ1v) is 13.0. The number of alkyl carbamates (subject to hydrolysis) is 1. The van der Waals surface area contributed by atoms with E-state index in [1.165, 1.54) is 11.0 Å². The maximum absolute atomic E-state index is 15.1. The van der Waals surface area contributed by atoms with E-state index in [4.69, 9.17) is 9.47 Å². The van der Waals surface area contributed by atoms with Crippen LogP contribution < -0.4 is 20.4 Å². The Morgan fingerprint density at radius 3 is 2.67 bits per heavy atom. The van der Waals surface area contributed by atoms with Gasteiger partial charge < -0.3 is 29.9 Å². The molecule has 1 aromatic carbocycles. The second-order valence-corrected chi connectivity index (χ2v) is 9.35. The van der Waals surface area contributed by atoms with E-state index in [9.17, 15) is 19.2 Å². The quantitative estimate of drug-likeness (QED) is 0.506.